The van der Waals surface area contributed by atoms with Gasteiger partial charge in [0, 0.05) is 16.6 Å². The van der Waals surface area contributed by atoms with Crippen LogP contribution in [0.1, 0.15) is 68.0 Å². The number of para-hydroxylation sites is 1. The van der Waals surface area contributed by atoms with E-state index in [-0.39, 0.29) is 0 Å². The number of fused-ring (bicyclic) bond motifs is 4. The Balaban J connectivity index is 1.70. The number of rotatable bonds is 4. The van der Waals surface area contributed by atoms with Crippen LogP contribution in [0.5, 0.6) is 0 Å². The van der Waals surface area contributed by atoms with E-state index >= 15 is 0 Å². The van der Waals surface area contributed by atoms with E-state index in [4.69, 9.17) is 9.72 Å². The molecule has 1 fully saturated rings. The number of carbonyl (C=O) groups is 1. The highest BCUT2D eigenvalue weighted by Gasteiger charge is 2.54. The molecule has 2 aliphatic carbocycles. The molecule has 6 rings (SSSR count). The molecule has 0 amide bonds. The summed E-state index contributed by atoms with van der Waals surface area (Å²) in [6.07, 6.45) is -1.12. The predicted molar refractivity (Wildman–Crippen MR) is 135 cm³/mol. The third-order valence-electron chi connectivity index (χ3n) is 7.55. The summed E-state index contributed by atoms with van der Waals surface area (Å²) in [5.41, 5.74) is 6.39. The Kier molecular flexibility index (Phi) is 4.47. The molecular formula is C30H29NO3. The average Bonchev–Trinajstić information content (AvgIpc) is 3.31. The second-order valence-corrected chi connectivity index (χ2v) is 10.8. The largest absolute Gasteiger partial charge is 0.479 e. The van der Waals surface area contributed by atoms with Gasteiger partial charge in [-0.3, -0.25) is 4.98 Å². The molecule has 0 bridgehead atoms. The van der Waals surface area contributed by atoms with Crippen molar-refractivity contribution in [1.29, 1.82) is 0 Å². The van der Waals surface area contributed by atoms with Crippen LogP contribution in [0.25, 0.3) is 32.8 Å². The number of hydrogen-bond acceptors (Lipinski definition) is 3. The van der Waals surface area contributed by atoms with Crippen LogP contribution in [-0.4, -0.2) is 21.7 Å². The fourth-order valence-corrected chi connectivity index (χ4v) is 6.20. The van der Waals surface area contributed by atoms with Crippen molar-refractivity contribution in [3.05, 3.63) is 77.0 Å². The van der Waals surface area contributed by atoms with E-state index in [1.807, 2.05) is 52.0 Å². The molecule has 0 aliphatic heterocycles. The lowest BCUT2D eigenvalue weighted by molar-refractivity contribution is -0.160. The van der Waals surface area contributed by atoms with Crippen LogP contribution in [0.4, 0.5) is 0 Å². The predicted octanol–water partition coefficient (Wildman–Crippen LogP) is 7.13. The number of carboxylic acid groups (broad SMARTS) is 1. The van der Waals surface area contributed by atoms with Crippen LogP contribution in [0.3, 0.4) is 0 Å². The number of hydrogen-bond donors (Lipinski definition) is 1. The SMILES string of the molecule is Cc1nc2ccccc2c(-c2ccc3c4c(cccc24)[C@H]2[C@@H](C)[C@@H]32)c1[C@H](OC(C)(C)C)C(=O)O. The Morgan fingerprint density at radius 1 is 0.971 bits per heavy atom. The fraction of sp³-hybridized carbons (Fsp3) is 0.333. The van der Waals surface area contributed by atoms with Gasteiger partial charge in [0.15, 0.2) is 6.10 Å². The smallest absolute Gasteiger partial charge is 0.337 e. The highest BCUT2D eigenvalue weighted by atomic mass is 16.5. The van der Waals surface area contributed by atoms with E-state index < -0.39 is 17.7 Å². The van der Waals surface area contributed by atoms with Crippen molar-refractivity contribution in [3.63, 3.8) is 0 Å². The molecule has 2 aliphatic rings. The van der Waals surface area contributed by atoms with Gasteiger partial charge in [0.2, 0.25) is 0 Å². The molecule has 3 aromatic carbocycles. The van der Waals surface area contributed by atoms with Crippen molar-refractivity contribution in [2.75, 3.05) is 0 Å². The highest BCUT2D eigenvalue weighted by molar-refractivity contribution is 6.09. The van der Waals surface area contributed by atoms with Crippen LogP contribution in [0.15, 0.2) is 54.6 Å². The molecule has 172 valence electrons. The maximum absolute atomic E-state index is 12.6. The summed E-state index contributed by atoms with van der Waals surface area (Å²) in [6, 6.07) is 19.1. The van der Waals surface area contributed by atoms with Gasteiger partial charge in [-0.1, -0.05) is 55.5 Å². The molecule has 0 spiro atoms. The van der Waals surface area contributed by atoms with Crippen LogP contribution < -0.4 is 0 Å². The van der Waals surface area contributed by atoms with Gasteiger partial charge in [0.05, 0.1) is 11.1 Å². The van der Waals surface area contributed by atoms with Gasteiger partial charge in [0.1, 0.15) is 0 Å². The number of nitrogens with zero attached hydrogens (tertiary/aromatic N) is 1. The van der Waals surface area contributed by atoms with Gasteiger partial charge in [0.25, 0.3) is 0 Å². The minimum atomic E-state index is -1.12. The molecular weight excluding hydrogens is 422 g/mol. The third-order valence-corrected chi connectivity index (χ3v) is 7.55. The normalized spacial score (nSPS) is 21.6. The number of ether oxygens (including phenoxy) is 1. The summed E-state index contributed by atoms with van der Waals surface area (Å²) in [4.78, 5) is 17.4. The summed E-state index contributed by atoms with van der Waals surface area (Å²) in [5.74, 6) is 0.915. The first-order valence-corrected chi connectivity index (χ1v) is 12.0. The number of pyridine rings is 1. The van der Waals surface area contributed by atoms with E-state index in [1.54, 1.807) is 0 Å². The van der Waals surface area contributed by atoms with Gasteiger partial charge in [-0.25, -0.2) is 4.79 Å². The van der Waals surface area contributed by atoms with Crippen molar-refractivity contribution < 1.29 is 14.6 Å². The summed E-state index contributed by atoms with van der Waals surface area (Å²) < 4.78 is 6.15. The van der Waals surface area contributed by atoms with Crippen molar-refractivity contribution in [2.45, 2.75) is 58.2 Å². The molecule has 0 saturated heterocycles. The molecule has 4 aromatic rings. The zero-order valence-corrected chi connectivity index (χ0v) is 20.2. The molecule has 34 heavy (non-hydrogen) atoms. The van der Waals surface area contributed by atoms with E-state index in [0.29, 0.717) is 29.0 Å². The third kappa shape index (κ3) is 3.01. The lowest BCUT2D eigenvalue weighted by Gasteiger charge is -2.28. The summed E-state index contributed by atoms with van der Waals surface area (Å²) in [7, 11) is 0. The van der Waals surface area contributed by atoms with E-state index in [1.165, 1.54) is 21.9 Å². The maximum atomic E-state index is 12.6. The Bertz CT molecular complexity index is 1480. The maximum Gasteiger partial charge on any atom is 0.337 e. The first-order chi connectivity index (χ1) is 16.2. The first kappa shape index (κ1) is 21.3. The number of aliphatic carboxylic acids is 1. The monoisotopic (exact) mass is 451 g/mol. The minimum Gasteiger partial charge on any atom is -0.479 e. The molecule has 1 aromatic heterocycles. The number of benzene rings is 3. The topological polar surface area (TPSA) is 59.4 Å². The van der Waals surface area contributed by atoms with Crippen molar-refractivity contribution in [2.24, 2.45) is 5.92 Å². The quantitative estimate of drug-likeness (QED) is 0.358. The molecule has 1 heterocycles. The van der Waals surface area contributed by atoms with E-state index in [2.05, 4.69) is 37.3 Å². The van der Waals surface area contributed by atoms with Gasteiger partial charge >= 0.3 is 5.97 Å². The zero-order valence-electron chi connectivity index (χ0n) is 20.2. The summed E-state index contributed by atoms with van der Waals surface area (Å²) >= 11 is 0. The van der Waals surface area contributed by atoms with Gasteiger partial charge in [-0.05, 0) is 84.5 Å². The Morgan fingerprint density at radius 3 is 2.35 bits per heavy atom. The van der Waals surface area contributed by atoms with Crippen molar-refractivity contribution >= 4 is 27.6 Å². The first-order valence-electron chi connectivity index (χ1n) is 12.0. The van der Waals surface area contributed by atoms with E-state index in [9.17, 15) is 9.90 Å². The summed E-state index contributed by atoms with van der Waals surface area (Å²) in [5, 5.41) is 13.8. The van der Waals surface area contributed by atoms with Gasteiger partial charge in [-0.15, -0.1) is 0 Å². The number of carboxylic acids is 1. The molecule has 4 nitrogen and oxygen atoms in total. The Morgan fingerprint density at radius 2 is 1.65 bits per heavy atom. The van der Waals surface area contributed by atoms with Crippen molar-refractivity contribution in [3.8, 4) is 11.1 Å². The molecule has 0 radical (unpaired) electrons. The number of aryl methyl sites for hydroxylation is 1. The molecule has 4 atom stereocenters. The molecule has 1 saturated carbocycles. The lowest BCUT2D eigenvalue weighted by Crippen LogP contribution is -2.28. The van der Waals surface area contributed by atoms with Crippen LogP contribution in [0.2, 0.25) is 0 Å². The van der Waals surface area contributed by atoms with Crippen LogP contribution in [-0.2, 0) is 9.53 Å². The summed E-state index contributed by atoms with van der Waals surface area (Å²) in [6.45, 7) is 9.89. The van der Waals surface area contributed by atoms with Crippen molar-refractivity contribution in [1.82, 2.24) is 4.98 Å². The number of aromatic nitrogens is 1. The highest BCUT2D eigenvalue weighted by Crippen LogP contribution is 2.67. The fourth-order valence-electron chi connectivity index (χ4n) is 6.20. The van der Waals surface area contributed by atoms with Crippen LogP contribution in [0, 0.1) is 12.8 Å². The van der Waals surface area contributed by atoms with Gasteiger partial charge in [-0.2, -0.15) is 0 Å². The molecule has 1 N–H and O–H groups in total. The van der Waals surface area contributed by atoms with Gasteiger partial charge < -0.3 is 9.84 Å². The van der Waals surface area contributed by atoms with Crippen LogP contribution >= 0.6 is 0 Å². The molecule has 4 heteroatoms. The second-order valence-electron chi connectivity index (χ2n) is 10.8. The minimum absolute atomic E-state index is 0.611. The average molecular weight is 452 g/mol. The Hall–Kier alpha value is -3.24. The second kappa shape index (κ2) is 7.13. The molecule has 0 unspecified atom stereocenters. The standard InChI is InChI=1S/C30H29NO3/c1-15-23-20-11-8-10-17-18(13-14-21(24(15)23)26(17)20)27-19-9-6-7-12-22(19)31-16(2)25(27)28(29(32)33)34-30(3,4)5/h6-15,23-24,28H,1-5H3,(H,32,33)/t15-,23-,24+,28+/m1/s1. The lowest BCUT2D eigenvalue weighted by atomic mass is 9.86. The Labute approximate surface area is 199 Å². The zero-order chi connectivity index (χ0) is 23.9. The van der Waals surface area contributed by atoms with E-state index in [0.717, 1.165) is 22.0 Å².